The highest BCUT2D eigenvalue weighted by Crippen LogP contribution is 2.55. The number of carbonyl (C=O) groups excluding carboxylic acids is 3. The maximum Gasteiger partial charge on any atom is 0.255 e. The van der Waals surface area contributed by atoms with Gasteiger partial charge in [0.25, 0.3) is 5.91 Å². The van der Waals surface area contributed by atoms with E-state index in [1.54, 1.807) is 19.1 Å². The molecule has 0 aromatic heterocycles. The molecule has 4 aliphatic rings. The van der Waals surface area contributed by atoms with Crippen LogP contribution in [0.4, 0.5) is 0 Å². The summed E-state index contributed by atoms with van der Waals surface area (Å²) in [5, 5.41) is 56.0. The average Bonchev–Trinajstić information content (AvgIpc) is 2.91. The number of nitrogens with two attached hydrogens (primary N) is 1. The van der Waals surface area contributed by atoms with Crippen molar-refractivity contribution in [1.29, 1.82) is 0 Å². The van der Waals surface area contributed by atoms with E-state index < -0.39 is 81.4 Å². The molecule has 41 heavy (non-hydrogen) atoms. The fourth-order valence-electron chi connectivity index (χ4n) is 7.25. The first-order valence-electron chi connectivity index (χ1n) is 14.0. The van der Waals surface area contributed by atoms with Crippen LogP contribution in [0.2, 0.25) is 0 Å². The number of aliphatic hydroxyl groups excluding tert-OH is 3. The lowest BCUT2D eigenvalue weighted by atomic mass is 9.56. The van der Waals surface area contributed by atoms with Gasteiger partial charge in [-0.15, -0.1) is 0 Å². The summed E-state index contributed by atoms with van der Waals surface area (Å²) in [7, 11) is 0. The third kappa shape index (κ3) is 4.37. The summed E-state index contributed by atoms with van der Waals surface area (Å²) in [6.45, 7) is 9.70. The SMILES string of the molecule is C[C@H]1c2ccc(C(C)(C)CCCN3CCOCC3)c(O)c2C(=O)C2=C(O)[C@]3(O)C(=O)C(C(N)=O)=C(O)C[C@@H]3[C@@H](O)[C@@H]21. The van der Waals surface area contributed by atoms with E-state index in [-0.39, 0.29) is 11.3 Å². The van der Waals surface area contributed by atoms with Gasteiger partial charge in [-0.25, -0.2) is 0 Å². The number of amides is 1. The second kappa shape index (κ2) is 10.2. The molecular weight excluding hydrogens is 532 g/mol. The van der Waals surface area contributed by atoms with Crippen LogP contribution >= 0.6 is 0 Å². The van der Waals surface area contributed by atoms with Crippen molar-refractivity contribution >= 4 is 17.5 Å². The fourth-order valence-corrected chi connectivity index (χ4v) is 7.25. The van der Waals surface area contributed by atoms with E-state index in [1.807, 2.05) is 13.8 Å². The number of primary amides is 1. The summed E-state index contributed by atoms with van der Waals surface area (Å²) >= 11 is 0. The molecule has 1 amide bonds. The molecule has 0 spiro atoms. The molecule has 1 aromatic rings. The van der Waals surface area contributed by atoms with Gasteiger partial charge >= 0.3 is 0 Å². The highest BCUT2D eigenvalue weighted by Gasteiger charge is 2.64. The monoisotopic (exact) mass is 570 g/mol. The van der Waals surface area contributed by atoms with Crippen molar-refractivity contribution in [2.75, 3.05) is 32.8 Å². The normalized spacial score (nSPS) is 30.7. The van der Waals surface area contributed by atoms with E-state index in [0.29, 0.717) is 24.3 Å². The van der Waals surface area contributed by atoms with Gasteiger partial charge in [0.2, 0.25) is 5.78 Å². The molecule has 0 radical (unpaired) electrons. The first-order valence-corrected chi connectivity index (χ1v) is 14.0. The van der Waals surface area contributed by atoms with Crippen LogP contribution < -0.4 is 5.73 Å². The van der Waals surface area contributed by atoms with E-state index in [2.05, 4.69) is 4.90 Å². The van der Waals surface area contributed by atoms with Crippen LogP contribution in [0.1, 0.15) is 67.4 Å². The van der Waals surface area contributed by atoms with Crippen molar-refractivity contribution in [2.45, 2.75) is 63.1 Å². The average molecular weight is 571 g/mol. The number of phenols is 1. The summed E-state index contributed by atoms with van der Waals surface area (Å²) in [5.74, 6) is -8.52. The number of benzene rings is 1. The van der Waals surface area contributed by atoms with Gasteiger partial charge in [0, 0.05) is 42.5 Å². The molecule has 0 unspecified atom stereocenters. The summed E-state index contributed by atoms with van der Waals surface area (Å²) in [6.07, 6.45) is -0.478. The number of rotatable bonds is 6. The molecule has 1 fully saturated rings. The number of Topliss-reactive ketones (excluding diaryl/α,β-unsaturated/α-hetero) is 2. The van der Waals surface area contributed by atoms with E-state index >= 15 is 0 Å². The van der Waals surface area contributed by atoms with E-state index in [0.717, 1.165) is 32.5 Å². The maximum absolute atomic E-state index is 14.0. The first-order chi connectivity index (χ1) is 19.2. The van der Waals surface area contributed by atoms with Crippen LogP contribution in [0.15, 0.2) is 34.8 Å². The van der Waals surface area contributed by atoms with Gasteiger partial charge < -0.3 is 36.0 Å². The van der Waals surface area contributed by atoms with Crippen LogP contribution in [0.25, 0.3) is 0 Å². The predicted molar refractivity (Wildman–Crippen MR) is 146 cm³/mol. The third-order valence-electron chi connectivity index (χ3n) is 9.61. The Kier molecular flexibility index (Phi) is 7.30. The largest absolute Gasteiger partial charge is 0.511 e. The summed E-state index contributed by atoms with van der Waals surface area (Å²) in [6, 6.07) is 3.53. The number of hydrogen-bond donors (Lipinski definition) is 6. The van der Waals surface area contributed by atoms with Gasteiger partial charge in [-0.3, -0.25) is 19.3 Å². The second-order valence-corrected chi connectivity index (χ2v) is 12.4. The number of hydrogen-bond acceptors (Lipinski definition) is 10. The summed E-state index contributed by atoms with van der Waals surface area (Å²) < 4.78 is 5.41. The number of ketones is 2. The standard InChI is InChI=1S/C30H38N2O9/c1-14-15-5-6-16(29(2,3)7-4-8-32-9-11-41-12-10-32)23(34)20(15)25(36)22-19(14)24(35)17-13-18(33)21(28(31)39)26(37)30(17,40)27(22)38/h5-6,14,17,19,24,33-35,38,40H,4,7-13H2,1-3H3,(H2,31,39)/t14-,17+,19+,24+,30+/m0/s1. The Balaban J connectivity index is 1.53. The number of aromatic hydroxyl groups is 1. The maximum atomic E-state index is 14.0. The molecule has 0 bridgehead atoms. The molecule has 1 saturated heterocycles. The molecule has 0 saturated carbocycles. The minimum Gasteiger partial charge on any atom is -0.511 e. The van der Waals surface area contributed by atoms with Gasteiger partial charge in [-0.2, -0.15) is 0 Å². The Morgan fingerprint density at radius 3 is 2.46 bits per heavy atom. The molecular formula is C30H38N2O9. The molecule has 3 aliphatic carbocycles. The Hall–Kier alpha value is -3.25. The highest BCUT2D eigenvalue weighted by atomic mass is 16.5. The van der Waals surface area contributed by atoms with Gasteiger partial charge in [0.15, 0.2) is 11.4 Å². The van der Waals surface area contributed by atoms with Crippen LogP contribution in [0.5, 0.6) is 5.75 Å². The highest BCUT2D eigenvalue weighted by molar-refractivity contribution is 6.24. The van der Waals surface area contributed by atoms with Crippen molar-refractivity contribution in [3.8, 4) is 5.75 Å². The minimum atomic E-state index is -2.85. The zero-order valence-corrected chi connectivity index (χ0v) is 23.5. The van der Waals surface area contributed by atoms with Crippen molar-refractivity contribution in [2.24, 2.45) is 17.6 Å². The third-order valence-corrected chi connectivity index (χ3v) is 9.61. The zero-order chi connectivity index (χ0) is 30.0. The Labute approximate surface area is 237 Å². The lowest BCUT2D eigenvalue weighted by Crippen LogP contribution is -2.62. The molecule has 7 N–H and O–H groups in total. The van der Waals surface area contributed by atoms with Crippen LogP contribution in [0.3, 0.4) is 0 Å². The van der Waals surface area contributed by atoms with Gasteiger partial charge in [-0.05, 0) is 36.3 Å². The first kappa shape index (κ1) is 29.2. The number of allylic oxidation sites excluding steroid dienone is 1. The molecule has 11 heteroatoms. The topological polar surface area (TPSA) is 191 Å². The molecule has 1 aromatic carbocycles. The van der Waals surface area contributed by atoms with Crippen molar-refractivity contribution in [3.63, 3.8) is 0 Å². The van der Waals surface area contributed by atoms with E-state index in [4.69, 9.17) is 10.5 Å². The van der Waals surface area contributed by atoms with E-state index in [1.165, 1.54) is 0 Å². The Bertz CT molecular complexity index is 1370. The number of ether oxygens (including phenoxy) is 1. The quantitative estimate of drug-likeness (QED) is 0.273. The Morgan fingerprint density at radius 2 is 1.83 bits per heavy atom. The zero-order valence-electron chi connectivity index (χ0n) is 23.5. The minimum absolute atomic E-state index is 0.0555. The van der Waals surface area contributed by atoms with E-state index in [9.17, 15) is 39.9 Å². The number of phenolic OH excluding ortho intramolecular Hbond substituents is 1. The predicted octanol–water partition coefficient (Wildman–Crippen LogP) is 1.50. The van der Waals surface area contributed by atoms with Crippen molar-refractivity contribution in [1.82, 2.24) is 4.90 Å². The molecule has 1 aliphatic heterocycles. The lowest BCUT2D eigenvalue weighted by molar-refractivity contribution is -0.154. The van der Waals surface area contributed by atoms with Crippen molar-refractivity contribution < 1.29 is 44.7 Å². The van der Waals surface area contributed by atoms with Crippen LogP contribution in [0, 0.1) is 11.8 Å². The summed E-state index contributed by atoms with van der Waals surface area (Å²) in [4.78, 5) is 41.4. The fraction of sp³-hybridized carbons (Fsp3) is 0.567. The van der Waals surface area contributed by atoms with Gasteiger partial charge in [0.1, 0.15) is 22.8 Å². The summed E-state index contributed by atoms with van der Waals surface area (Å²) in [5.41, 5.74) is 1.56. The Morgan fingerprint density at radius 1 is 1.17 bits per heavy atom. The van der Waals surface area contributed by atoms with Crippen LogP contribution in [-0.2, 0) is 19.7 Å². The molecule has 5 atom stereocenters. The number of aliphatic hydroxyl groups is 4. The van der Waals surface area contributed by atoms with Crippen molar-refractivity contribution in [3.05, 3.63) is 51.5 Å². The molecule has 5 rings (SSSR count). The lowest BCUT2D eigenvalue weighted by Gasteiger charge is -2.50. The number of morpholine rings is 1. The molecule has 222 valence electrons. The number of carbonyl (C=O) groups is 3. The number of fused-ring (bicyclic) bond motifs is 3. The number of nitrogens with zero attached hydrogens (tertiary/aromatic N) is 1. The molecule has 1 heterocycles. The van der Waals surface area contributed by atoms with Crippen LogP contribution in [-0.4, -0.2) is 92.5 Å². The van der Waals surface area contributed by atoms with Gasteiger partial charge in [-0.1, -0.05) is 32.9 Å². The van der Waals surface area contributed by atoms with Gasteiger partial charge in [0.05, 0.1) is 24.9 Å². The second-order valence-electron chi connectivity index (χ2n) is 12.4. The smallest absolute Gasteiger partial charge is 0.255 e. The molecule has 11 nitrogen and oxygen atoms in total.